The third-order valence-corrected chi connectivity index (χ3v) is 6.48. The molecule has 0 unspecified atom stereocenters. The van der Waals surface area contributed by atoms with Crippen LogP contribution in [0.3, 0.4) is 0 Å². The van der Waals surface area contributed by atoms with Crippen LogP contribution in [0, 0.1) is 5.82 Å². The van der Waals surface area contributed by atoms with Crippen molar-refractivity contribution in [3.63, 3.8) is 0 Å². The molecule has 176 valence electrons. The smallest absolute Gasteiger partial charge is 0.407 e. The Balaban J connectivity index is 1.78. The minimum atomic E-state index is -1.96. The number of carbonyl (C=O) groups is 2. The van der Waals surface area contributed by atoms with Gasteiger partial charge in [0, 0.05) is 35.2 Å². The Hall–Kier alpha value is -3.99. The lowest BCUT2D eigenvalue weighted by Crippen LogP contribution is -2.44. The van der Waals surface area contributed by atoms with Gasteiger partial charge >= 0.3 is 12.1 Å². The summed E-state index contributed by atoms with van der Waals surface area (Å²) in [4.78, 5) is 42.0. The summed E-state index contributed by atoms with van der Waals surface area (Å²) in [7, 11) is 1.42. The van der Waals surface area contributed by atoms with Crippen LogP contribution in [0.5, 0.6) is 0 Å². The van der Waals surface area contributed by atoms with Crippen molar-refractivity contribution in [1.82, 2.24) is 14.9 Å². The number of ether oxygens (including phenoxy) is 2. The number of nitrogen functional groups attached to an aromatic ring is 1. The number of pyridine rings is 2. The Labute approximate surface area is 192 Å². The molecule has 0 aliphatic carbocycles. The van der Waals surface area contributed by atoms with Crippen molar-refractivity contribution in [2.45, 2.75) is 38.7 Å². The van der Waals surface area contributed by atoms with E-state index < -0.39 is 29.0 Å². The largest absolute Gasteiger partial charge is 0.458 e. The molecule has 10 nitrogen and oxygen atoms in total. The number of aromatic nitrogens is 2. The highest BCUT2D eigenvalue weighted by molar-refractivity contribution is 5.91. The van der Waals surface area contributed by atoms with E-state index in [1.807, 2.05) is 0 Å². The van der Waals surface area contributed by atoms with Gasteiger partial charge in [-0.15, -0.1) is 0 Å². The molecule has 4 N–H and O–H groups in total. The fourth-order valence-electron chi connectivity index (χ4n) is 4.57. The molecule has 5 rings (SSSR count). The van der Waals surface area contributed by atoms with Crippen LogP contribution in [0.1, 0.15) is 35.6 Å². The van der Waals surface area contributed by atoms with Crippen LogP contribution in [0.2, 0.25) is 0 Å². The van der Waals surface area contributed by atoms with Crippen LogP contribution in [-0.2, 0) is 39.6 Å². The van der Waals surface area contributed by atoms with Gasteiger partial charge < -0.3 is 30.2 Å². The van der Waals surface area contributed by atoms with Gasteiger partial charge in [0.25, 0.3) is 5.56 Å². The number of alkyl carbamates (subject to hydrolysis) is 1. The number of halogens is 1. The summed E-state index contributed by atoms with van der Waals surface area (Å²) < 4.78 is 26.1. The van der Waals surface area contributed by atoms with Gasteiger partial charge in [-0.2, -0.15) is 0 Å². The van der Waals surface area contributed by atoms with E-state index >= 15 is 0 Å². The van der Waals surface area contributed by atoms with E-state index in [1.54, 1.807) is 13.0 Å². The number of hydrogen-bond donors (Lipinski definition) is 3. The molecule has 2 aromatic heterocycles. The second-order valence-electron chi connectivity index (χ2n) is 8.24. The predicted octanol–water partition coefficient (Wildman–Crippen LogP) is 1.66. The first-order valence-corrected chi connectivity index (χ1v) is 10.6. The number of aliphatic hydroxyl groups is 1. The van der Waals surface area contributed by atoms with Crippen LogP contribution >= 0.6 is 0 Å². The van der Waals surface area contributed by atoms with Crippen molar-refractivity contribution in [1.29, 1.82) is 0 Å². The molecule has 3 aromatic rings. The molecule has 0 radical (unpaired) electrons. The lowest BCUT2D eigenvalue weighted by Gasteiger charge is -2.31. The maximum absolute atomic E-state index is 14.3. The summed E-state index contributed by atoms with van der Waals surface area (Å²) in [5.41, 5.74) is 5.74. The van der Waals surface area contributed by atoms with E-state index in [0.717, 1.165) is 0 Å². The Morgan fingerprint density at radius 3 is 2.82 bits per heavy atom. The van der Waals surface area contributed by atoms with E-state index in [1.165, 1.54) is 23.7 Å². The first kappa shape index (κ1) is 21.8. The average Bonchev–Trinajstić information content (AvgIpc) is 3.19. The number of rotatable bonds is 3. The summed E-state index contributed by atoms with van der Waals surface area (Å²) in [5, 5.41) is 13.8. The normalized spacial score (nSPS) is 18.2. The van der Waals surface area contributed by atoms with E-state index in [9.17, 15) is 23.9 Å². The van der Waals surface area contributed by atoms with E-state index in [2.05, 4.69) is 10.3 Å². The molecule has 0 saturated heterocycles. The van der Waals surface area contributed by atoms with Crippen molar-refractivity contribution in [3.8, 4) is 11.4 Å². The molecular weight excluding hydrogens is 447 g/mol. The van der Waals surface area contributed by atoms with Gasteiger partial charge in [0.05, 0.1) is 34.7 Å². The molecule has 1 amide bonds. The summed E-state index contributed by atoms with van der Waals surface area (Å²) in [5.74, 6) is -1.49. The van der Waals surface area contributed by atoms with Crippen molar-refractivity contribution >= 4 is 28.7 Å². The first-order chi connectivity index (χ1) is 16.2. The third-order valence-electron chi connectivity index (χ3n) is 6.48. The number of nitrogens with one attached hydrogen (secondary N) is 1. The fourth-order valence-corrected chi connectivity index (χ4v) is 4.57. The second kappa shape index (κ2) is 7.52. The van der Waals surface area contributed by atoms with Gasteiger partial charge in [0.15, 0.2) is 5.60 Å². The summed E-state index contributed by atoms with van der Waals surface area (Å²) in [6, 6.07) is 4.15. The van der Waals surface area contributed by atoms with Crippen molar-refractivity contribution in [3.05, 3.63) is 56.6 Å². The molecule has 0 fully saturated rings. The summed E-state index contributed by atoms with van der Waals surface area (Å²) >= 11 is 0. The number of benzene rings is 1. The summed E-state index contributed by atoms with van der Waals surface area (Å²) in [6.07, 6.45) is -0.657. The highest BCUT2D eigenvalue weighted by atomic mass is 19.1. The van der Waals surface area contributed by atoms with Crippen molar-refractivity contribution in [2.24, 2.45) is 0 Å². The number of cyclic esters (lactones) is 1. The Morgan fingerprint density at radius 1 is 1.35 bits per heavy atom. The van der Waals surface area contributed by atoms with E-state index in [-0.39, 0.29) is 48.5 Å². The highest BCUT2D eigenvalue weighted by Gasteiger charge is 2.45. The number of hydrogen-bond acceptors (Lipinski definition) is 8. The number of carbonyl (C=O) groups excluding carboxylic acids is 2. The molecule has 0 spiro atoms. The molecule has 0 bridgehead atoms. The van der Waals surface area contributed by atoms with Crippen molar-refractivity contribution < 1.29 is 28.6 Å². The van der Waals surface area contributed by atoms with Crippen molar-refractivity contribution in [2.75, 3.05) is 12.8 Å². The number of anilines is 1. The molecule has 11 heteroatoms. The maximum atomic E-state index is 14.3. The van der Waals surface area contributed by atoms with Gasteiger partial charge in [0.1, 0.15) is 19.0 Å². The Morgan fingerprint density at radius 2 is 2.12 bits per heavy atom. The zero-order valence-corrected chi connectivity index (χ0v) is 18.4. The molecule has 1 atom stereocenters. The first-order valence-electron chi connectivity index (χ1n) is 10.6. The Kier molecular flexibility index (Phi) is 4.83. The standard InChI is InChI=1S/C23H21FN4O6/c1-3-23(32)14-5-18-19-11(7-28(18)20(29)13(14)9-33-21(23)30)12(8-34-22(31)26-2)10-4-16(25)15(24)6-17(10)27-19/h4-6,32H,3,7-9,25H2,1-2H3,(H,26,31)/t23-/m0/s1. The van der Waals surface area contributed by atoms with Crippen LogP contribution in [0.4, 0.5) is 14.9 Å². The molecule has 2 aliphatic heterocycles. The maximum Gasteiger partial charge on any atom is 0.407 e. The topological polar surface area (TPSA) is 146 Å². The SMILES string of the molecule is CC[C@@]1(O)C(=O)OCc2c1cc1n(c2=O)Cc2c-1nc1cc(F)c(N)cc1c2COC(=O)NC. The molecule has 1 aromatic carbocycles. The minimum absolute atomic E-state index is 0.00937. The molecule has 4 heterocycles. The zero-order chi connectivity index (χ0) is 24.4. The quantitative estimate of drug-likeness (QED) is 0.304. The molecule has 2 aliphatic rings. The van der Waals surface area contributed by atoms with Crippen LogP contribution in [0.15, 0.2) is 23.0 Å². The zero-order valence-electron chi connectivity index (χ0n) is 18.4. The third kappa shape index (κ3) is 2.97. The summed E-state index contributed by atoms with van der Waals surface area (Å²) in [6.45, 7) is 1.29. The van der Waals surface area contributed by atoms with Crippen LogP contribution < -0.4 is 16.6 Å². The molecular formula is C23H21FN4O6. The predicted molar refractivity (Wildman–Crippen MR) is 118 cm³/mol. The van der Waals surface area contributed by atoms with Crippen LogP contribution in [-0.4, -0.2) is 33.8 Å². The highest BCUT2D eigenvalue weighted by Crippen LogP contribution is 2.40. The Bertz CT molecular complexity index is 1470. The second-order valence-corrected chi connectivity index (χ2v) is 8.24. The molecule has 0 saturated carbocycles. The van der Waals surface area contributed by atoms with Gasteiger partial charge in [-0.3, -0.25) is 4.79 Å². The number of fused-ring (bicyclic) bond motifs is 5. The lowest BCUT2D eigenvalue weighted by molar-refractivity contribution is -0.172. The van der Waals surface area contributed by atoms with E-state index in [0.29, 0.717) is 27.9 Å². The lowest BCUT2D eigenvalue weighted by atomic mass is 9.86. The van der Waals surface area contributed by atoms with Gasteiger partial charge in [-0.1, -0.05) is 6.92 Å². The van der Waals surface area contributed by atoms with E-state index in [4.69, 9.17) is 15.2 Å². The number of nitrogens with zero attached hydrogens (tertiary/aromatic N) is 2. The number of amides is 1. The fraction of sp³-hybridized carbons (Fsp3) is 0.304. The average molecular weight is 468 g/mol. The molecule has 34 heavy (non-hydrogen) atoms. The van der Waals surface area contributed by atoms with Gasteiger partial charge in [-0.25, -0.2) is 19.0 Å². The van der Waals surface area contributed by atoms with Gasteiger partial charge in [-0.05, 0) is 18.6 Å². The van der Waals surface area contributed by atoms with Gasteiger partial charge in [0.2, 0.25) is 0 Å². The minimum Gasteiger partial charge on any atom is -0.458 e. The number of nitrogens with two attached hydrogens (primary N) is 1. The van der Waals surface area contributed by atoms with Crippen LogP contribution in [0.25, 0.3) is 22.3 Å². The monoisotopic (exact) mass is 468 g/mol. The number of esters is 1.